The molecule has 37 heavy (non-hydrogen) atoms. The van der Waals surface area contributed by atoms with Gasteiger partial charge in [-0.15, -0.1) is 0 Å². The van der Waals surface area contributed by atoms with Crippen LogP contribution >= 0.6 is 0 Å². The van der Waals surface area contributed by atoms with Gasteiger partial charge < -0.3 is 28.1 Å². The lowest BCUT2D eigenvalue weighted by Gasteiger charge is -2.41. The van der Waals surface area contributed by atoms with E-state index in [0.29, 0.717) is 25.7 Å². The zero-order chi connectivity index (χ0) is 26.7. The van der Waals surface area contributed by atoms with E-state index in [1.807, 2.05) is 19.1 Å². The van der Waals surface area contributed by atoms with Crippen molar-refractivity contribution in [2.75, 3.05) is 20.3 Å². The molecule has 0 amide bonds. The lowest BCUT2D eigenvalue weighted by Crippen LogP contribution is -2.47. The quantitative estimate of drug-likeness (QED) is 0.301. The Labute approximate surface area is 225 Å². The van der Waals surface area contributed by atoms with E-state index in [1.54, 1.807) is 7.11 Å². The monoisotopic (exact) mass is 532 g/mol. The van der Waals surface area contributed by atoms with E-state index in [4.69, 9.17) is 28.1 Å². The maximum atomic E-state index is 6.80. The number of hydrogen-bond acceptors (Lipinski definition) is 6. The van der Waals surface area contributed by atoms with Gasteiger partial charge in [0.15, 0.2) is 5.79 Å². The number of rotatable bonds is 11. The SMILES string of the molecule is CCC[C@]1(C)C[C@@H](OCc2ccc(OC)cc2)[C@H](CCC2=C[C@@H](C)[C@H](CC3(C)OCCO3)O[Si]2(C)C)O1. The molecule has 6 nitrogen and oxygen atoms in total. The third kappa shape index (κ3) is 7.25. The highest BCUT2D eigenvalue weighted by molar-refractivity contribution is 6.78. The molecule has 0 spiro atoms. The molecule has 0 radical (unpaired) electrons. The molecule has 1 aromatic rings. The van der Waals surface area contributed by atoms with Crippen LogP contribution in [-0.4, -0.2) is 58.3 Å². The van der Waals surface area contributed by atoms with Gasteiger partial charge >= 0.3 is 0 Å². The van der Waals surface area contributed by atoms with Gasteiger partial charge in [-0.25, -0.2) is 0 Å². The van der Waals surface area contributed by atoms with Crippen LogP contribution in [0.1, 0.15) is 71.8 Å². The van der Waals surface area contributed by atoms with Gasteiger partial charge in [-0.2, -0.15) is 0 Å². The van der Waals surface area contributed by atoms with Gasteiger partial charge in [0.1, 0.15) is 5.75 Å². The van der Waals surface area contributed by atoms with Gasteiger partial charge in [-0.1, -0.05) is 43.7 Å². The van der Waals surface area contributed by atoms with Crippen LogP contribution in [0.2, 0.25) is 13.1 Å². The molecule has 1 aromatic carbocycles. The maximum absolute atomic E-state index is 6.80. The van der Waals surface area contributed by atoms with Gasteiger partial charge in [-0.3, -0.25) is 0 Å². The molecule has 208 valence electrons. The fourth-order valence-electron chi connectivity index (χ4n) is 6.21. The second-order valence-corrected chi connectivity index (χ2v) is 15.9. The predicted octanol–water partition coefficient (Wildman–Crippen LogP) is 6.57. The minimum absolute atomic E-state index is 0.0905. The van der Waals surface area contributed by atoms with Crippen molar-refractivity contribution in [2.24, 2.45) is 5.92 Å². The first kappa shape index (κ1) is 28.8. The van der Waals surface area contributed by atoms with Gasteiger partial charge in [0.05, 0.1) is 50.8 Å². The third-order valence-corrected chi connectivity index (χ3v) is 11.2. The largest absolute Gasteiger partial charge is 0.497 e. The van der Waals surface area contributed by atoms with Crippen molar-refractivity contribution < 1.29 is 28.1 Å². The summed E-state index contributed by atoms with van der Waals surface area (Å²) in [5.74, 6) is 0.673. The van der Waals surface area contributed by atoms with Crippen LogP contribution in [-0.2, 0) is 30.0 Å². The molecule has 0 aliphatic carbocycles. The summed E-state index contributed by atoms with van der Waals surface area (Å²) in [7, 11) is -0.321. The Bertz CT molecular complexity index is 909. The number of hydrogen-bond donors (Lipinski definition) is 0. The Balaban J connectivity index is 1.39. The first-order chi connectivity index (χ1) is 17.5. The first-order valence-corrected chi connectivity index (χ1v) is 17.0. The Morgan fingerprint density at radius 1 is 1.05 bits per heavy atom. The molecule has 2 saturated heterocycles. The average molecular weight is 533 g/mol. The molecule has 0 aromatic heterocycles. The van der Waals surface area contributed by atoms with Crippen molar-refractivity contribution >= 4 is 8.32 Å². The standard InChI is InChI=1S/C30H48O6Si/c1-8-15-29(3)19-28(32-21-23-9-11-24(31-5)12-10-23)26(35-29)14-13-25-18-22(2)27(36-37(25,6)7)20-30(4)33-16-17-34-30/h9-12,18,22,26-28H,8,13-17,19-21H2,1-7H3/t22-,26+,27+,28-,29-/m1/s1. The summed E-state index contributed by atoms with van der Waals surface area (Å²) in [6, 6.07) is 8.13. The van der Waals surface area contributed by atoms with Gasteiger partial charge in [0.25, 0.3) is 0 Å². The third-order valence-electron chi connectivity index (χ3n) is 8.32. The average Bonchev–Trinajstić information content (AvgIpc) is 3.42. The molecule has 3 aliphatic rings. The summed E-state index contributed by atoms with van der Waals surface area (Å²) in [5.41, 5.74) is 1.04. The molecule has 0 saturated carbocycles. The molecule has 0 bridgehead atoms. The molecule has 0 N–H and O–H groups in total. The molecule has 0 unspecified atom stereocenters. The van der Waals surface area contributed by atoms with E-state index < -0.39 is 14.1 Å². The summed E-state index contributed by atoms with van der Waals surface area (Å²) in [4.78, 5) is 0. The minimum Gasteiger partial charge on any atom is -0.497 e. The molecule has 3 aliphatic heterocycles. The molecule has 4 rings (SSSR count). The molecule has 2 fully saturated rings. The van der Waals surface area contributed by atoms with Crippen molar-refractivity contribution in [1.29, 1.82) is 0 Å². The Morgan fingerprint density at radius 3 is 2.41 bits per heavy atom. The number of allylic oxidation sites excluding steroid dienone is 1. The van der Waals surface area contributed by atoms with Crippen LogP contribution in [0.3, 0.4) is 0 Å². The molecule has 7 heteroatoms. The van der Waals surface area contributed by atoms with E-state index in [2.05, 4.69) is 52.1 Å². The Kier molecular flexibility index (Phi) is 9.24. The lowest BCUT2D eigenvalue weighted by atomic mass is 9.94. The Hall–Kier alpha value is -1.22. The van der Waals surface area contributed by atoms with Gasteiger partial charge in [0, 0.05) is 12.8 Å². The smallest absolute Gasteiger partial charge is 0.214 e. The van der Waals surface area contributed by atoms with Crippen LogP contribution in [0.25, 0.3) is 0 Å². The van der Waals surface area contributed by atoms with Crippen LogP contribution in [0.4, 0.5) is 0 Å². The summed E-state index contributed by atoms with van der Waals surface area (Å²) >= 11 is 0. The topological polar surface area (TPSA) is 55.4 Å². The van der Waals surface area contributed by atoms with E-state index in [-0.39, 0.29) is 23.9 Å². The second-order valence-electron chi connectivity index (χ2n) is 12.0. The number of benzene rings is 1. The number of ether oxygens (including phenoxy) is 5. The fraction of sp³-hybridized carbons (Fsp3) is 0.733. The van der Waals surface area contributed by atoms with Crippen LogP contribution in [0.15, 0.2) is 35.5 Å². The minimum atomic E-state index is -2.01. The van der Waals surface area contributed by atoms with Crippen LogP contribution in [0.5, 0.6) is 5.75 Å². The highest BCUT2D eigenvalue weighted by atomic mass is 28.4. The summed E-state index contributed by atoms with van der Waals surface area (Å²) in [6.45, 7) is 15.4. The van der Waals surface area contributed by atoms with Crippen molar-refractivity contribution in [3.8, 4) is 5.75 Å². The van der Waals surface area contributed by atoms with Crippen molar-refractivity contribution in [3.63, 3.8) is 0 Å². The molecular formula is C30H48O6Si. The van der Waals surface area contributed by atoms with E-state index in [0.717, 1.165) is 49.8 Å². The van der Waals surface area contributed by atoms with E-state index in [9.17, 15) is 0 Å². The molecular weight excluding hydrogens is 484 g/mol. The van der Waals surface area contributed by atoms with Crippen molar-refractivity contribution in [2.45, 2.75) is 116 Å². The maximum Gasteiger partial charge on any atom is 0.214 e. The van der Waals surface area contributed by atoms with Crippen molar-refractivity contribution in [3.05, 3.63) is 41.1 Å². The molecule has 3 heterocycles. The normalized spacial score (nSPS) is 32.9. The molecule has 5 atom stereocenters. The van der Waals surface area contributed by atoms with E-state index >= 15 is 0 Å². The summed E-state index contributed by atoms with van der Waals surface area (Å²) in [6.07, 6.45) is 8.62. The van der Waals surface area contributed by atoms with Crippen molar-refractivity contribution in [1.82, 2.24) is 0 Å². The van der Waals surface area contributed by atoms with E-state index in [1.165, 1.54) is 5.20 Å². The zero-order valence-electron chi connectivity index (χ0n) is 24.0. The van der Waals surface area contributed by atoms with Gasteiger partial charge in [0.2, 0.25) is 8.32 Å². The highest BCUT2D eigenvalue weighted by Crippen LogP contribution is 2.41. The fourth-order valence-corrected chi connectivity index (χ4v) is 8.83. The predicted molar refractivity (Wildman–Crippen MR) is 148 cm³/mol. The summed E-state index contributed by atoms with van der Waals surface area (Å²) in [5, 5.41) is 1.48. The lowest BCUT2D eigenvalue weighted by molar-refractivity contribution is -0.163. The first-order valence-electron chi connectivity index (χ1n) is 14.1. The number of methoxy groups -OCH3 is 1. The summed E-state index contributed by atoms with van der Waals surface area (Å²) < 4.78 is 37.0. The highest BCUT2D eigenvalue weighted by Gasteiger charge is 2.45. The van der Waals surface area contributed by atoms with Gasteiger partial charge in [-0.05, 0) is 69.8 Å². The van der Waals surface area contributed by atoms with Crippen LogP contribution < -0.4 is 4.74 Å². The second kappa shape index (κ2) is 11.9. The Morgan fingerprint density at radius 2 is 1.76 bits per heavy atom. The van der Waals surface area contributed by atoms with Crippen LogP contribution in [0, 0.1) is 5.92 Å². The zero-order valence-corrected chi connectivity index (χ0v) is 25.0.